The zero-order valence-corrected chi connectivity index (χ0v) is 12.6. The van der Waals surface area contributed by atoms with E-state index >= 15 is 0 Å². The van der Waals surface area contributed by atoms with Crippen LogP contribution in [0.4, 0.5) is 0 Å². The summed E-state index contributed by atoms with van der Waals surface area (Å²) in [6, 6.07) is 9.29. The van der Waals surface area contributed by atoms with E-state index in [1.54, 1.807) is 11.8 Å². The first-order valence-electron chi connectivity index (χ1n) is 7.54. The lowest BCUT2D eigenvalue weighted by molar-refractivity contribution is -0.127. The minimum atomic E-state index is 0.286. The molecule has 1 N–H and O–H groups in total. The van der Waals surface area contributed by atoms with Crippen molar-refractivity contribution < 1.29 is 4.79 Å². The molecule has 2 fully saturated rings. The molecule has 0 spiro atoms. The Kier molecular flexibility index (Phi) is 4.63. The van der Waals surface area contributed by atoms with Crippen LogP contribution in [0.3, 0.4) is 0 Å². The number of nitrogens with one attached hydrogen (secondary N) is 1. The lowest BCUT2D eigenvalue weighted by Gasteiger charge is -2.14. The van der Waals surface area contributed by atoms with E-state index in [0.717, 1.165) is 25.7 Å². The Hall–Kier alpha value is -1.00. The fraction of sp³-hybridized carbons (Fsp3) is 0.562. The molecular weight excluding hydrogens is 268 g/mol. The Balaban J connectivity index is 1.48. The third-order valence-corrected chi connectivity index (χ3v) is 4.87. The van der Waals surface area contributed by atoms with E-state index in [9.17, 15) is 4.79 Å². The predicted molar refractivity (Wildman–Crippen MR) is 82.8 cm³/mol. The van der Waals surface area contributed by atoms with Crippen molar-refractivity contribution in [2.75, 3.05) is 18.8 Å². The van der Waals surface area contributed by atoms with Crippen LogP contribution < -0.4 is 5.32 Å². The number of hydrogen-bond donors (Lipinski definition) is 1. The van der Waals surface area contributed by atoms with E-state index in [1.165, 1.54) is 36.1 Å². The van der Waals surface area contributed by atoms with Crippen LogP contribution in [0.25, 0.3) is 0 Å². The number of thioether (sulfide) groups is 1. The largest absolute Gasteiger partial charge is 0.342 e. The maximum atomic E-state index is 12.0. The van der Waals surface area contributed by atoms with Crippen molar-refractivity contribution in [1.29, 1.82) is 0 Å². The van der Waals surface area contributed by atoms with Crippen molar-refractivity contribution in [1.82, 2.24) is 10.2 Å². The van der Waals surface area contributed by atoms with Crippen molar-refractivity contribution in [3.8, 4) is 0 Å². The molecule has 1 amide bonds. The van der Waals surface area contributed by atoms with Gasteiger partial charge in [-0.3, -0.25) is 4.79 Å². The fourth-order valence-corrected chi connectivity index (χ4v) is 3.38. The quantitative estimate of drug-likeness (QED) is 0.818. The molecule has 1 aliphatic heterocycles. The van der Waals surface area contributed by atoms with Crippen LogP contribution in [-0.2, 0) is 11.3 Å². The maximum absolute atomic E-state index is 12.0. The van der Waals surface area contributed by atoms with Gasteiger partial charge in [0.05, 0.1) is 5.75 Å². The molecule has 0 unspecified atom stereocenters. The molecule has 108 valence electrons. The SMILES string of the molecule is O=C(CSc1cccc(CNC2CC2)c1)N1CCCC1. The summed E-state index contributed by atoms with van der Waals surface area (Å²) in [6.07, 6.45) is 4.97. The number of likely N-dealkylation sites (tertiary alicyclic amines) is 1. The van der Waals surface area contributed by atoms with Gasteiger partial charge in [-0.1, -0.05) is 12.1 Å². The Morgan fingerprint density at radius 3 is 2.85 bits per heavy atom. The van der Waals surface area contributed by atoms with Crippen LogP contribution in [0, 0.1) is 0 Å². The summed E-state index contributed by atoms with van der Waals surface area (Å²) >= 11 is 1.66. The molecule has 2 aliphatic rings. The van der Waals surface area contributed by atoms with Gasteiger partial charge in [0.1, 0.15) is 0 Å². The van der Waals surface area contributed by atoms with E-state index in [0.29, 0.717) is 5.75 Å². The minimum absolute atomic E-state index is 0.286. The normalized spacial score (nSPS) is 18.5. The van der Waals surface area contributed by atoms with E-state index in [4.69, 9.17) is 0 Å². The fourth-order valence-electron chi connectivity index (χ4n) is 2.50. The third kappa shape index (κ3) is 4.00. The number of carbonyl (C=O) groups excluding carboxylic acids is 1. The number of nitrogens with zero attached hydrogens (tertiary/aromatic N) is 1. The first-order valence-corrected chi connectivity index (χ1v) is 8.53. The first kappa shape index (κ1) is 14.0. The second kappa shape index (κ2) is 6.64. The van der Waals surface area contributed by atoms with Gasteiger partial charge in [0.15, 0.2) is 0 Å². The lowest BCUT2D eigenvalue weighted by Crippen LogP contribution is -2.29. The molecule has 0 atom stereocenters. The molecule has 0 aromatic heterocycles. The van der Waals surface area contributed by atoms with Crippen molar-refractivity contribution in [2.24, 2.45) is 0 Å². The van der Waals surface area contributed by atoms with Crippen molar-refractivity contribution in [3.63, 3.8) is 0 Å². The summed E-state index contributed by atoms with van der Waals surface area (Å²) in [6.45, 7) is 2.84. The van der Waals surface area contributed by atoms with Gasteiger partial charge in [-0.15, -0.1) is 11.8 Å². The Labute approximate surface area is 125 Å². The van der Waals surface area contributed by atoms with Crippen molar-refractivity contribution >= 4 is 17.7 Å². The second-order valence-corrected chi connectivity index (χ2v) is 6.73. The summed E-state index contributed by atoms with van der Waals surface area (Å²) in [5, 5.41) is 3.53. The maximum Gasteiger partial charge on any atom is 0.232 e. The Morgan fingerprint density at radius 2 is 2.10 bits per heavy atom. The molecule has 1 aromatic rings. The summed E-state index contributed by atoms with van der Waals surface area (Å²) < 4.78 is 0. The minimum Gasteiger partial charge on any atom is -0.342 e. The molecule has 1 aromatic carbocycles. The third-order valence-electron chi connectivity index (χ3n) is 3.89. The highest BCUT2D eigenvalue weighted by Gasteiger charge is 2.20. The number of hydrogen-bond acceptors (Lipinski definition) is 3. The molecule has 1 heterocycles. The molecule has 4 heteroatoms. The van der Waals surface area contributed by atoms with E-state index in [2.05, 4.69) is 29.6 Å². The van der Waals surface area contributed by atoms with E-state index in [-0.39, 0.29) is 5.91 Å². The molecule has 3 rings (SSSR count). The zero-order valence-electron chi connectivity index (χ0n) is 11.8. The van der Waals surface area contributed by atoms with Crippen LogP contribution >= 0.6 is 11.8 Å². The van der Waals surface area contributed by atoms with Gasteiger partial charge >= 0.3 is 0 Å². The Morgan fingerprint density at radius 1 is 1.30 bits per heavy atom. The molecule has 1 aliphatic carbocycles. The monoisotopic (exact) mass is 290 g/mol. The van der Waals surface area contributed by atoms with Gasteiger partial charge in [0, 0.05) is 30.6 Å². The molecule has 0 bridgehead atoms. The summed E-state index contributed by atoms with van der Waals surface area (Å²) in [5.74, 6) is 0.855. The standard InChI is InChI=1S/C16H22N2OS/c19-16(18-8-1-2-9-18)12-20-15-5-3-4-13(10-15)11-17-14-6-7-14/h3-5,10,14,17H,1-2,6-9,11-12H2. The summed E-state index contributed by atoms with van der Waals surface area (Å²) in [7, 11) is 0. The van der Waals surface area contributed by atoms with Crippen LogP contribution in [-0.4, -0.2) is 35.7 Å². The second-order valence-electron chi connectivity index (χ2n) is 5.68. The topological polar surface area (TPSA) is 32.3 Å². The highest BCUT2D eigenvalue weighted by molar-refractivity contribution is 8.00. The highest BCUT2D eigenvalue weighted by Crippen LogP contribution is 2.22. The zero-order chi connectivity index (χ0) is 13.8. The van der Waals surface area contributed by atoms with Crippen LogP contribution in [0.1, 0.15) is 31.2 Å². The number of benzene rings is 1. The molecular formula is C16H22N2OS. The van der Waals surface area contributed by atoms with Gasteiger partial charge < -0.3 is 10.2 Å². The number of carbonyl (C=O) groups is 1. The lowest BCUT2D eigenvalue weighted by atomic mass is 10.2. The van der Waals surface area contributed by atoms with Crippen molar-refractivity contribution in [2.45, 2.75) is 43.2 Å². The smallest absolute Gasteiger partial charge is 0.232 e. The average Bonchev–Trinajstić information content (AvgIpc) is 3.14. The number of rotatable bonds is 6. The summed E-state index contributed by atoms with van der Waals surface area (Å²) in [4.78, 5) is 15.2. The van der Waals surface area contributed by atoms with Crippen LogP contribution in [0.2, 0.25) is 0 Å². The van der Waals surface area contributed by atoms with Gasteiger partial charge in [0.2, 0.25) is 5.91 Å². The summed E-state index contributed by atoms with van der Waals surface area (Å²) in [5.41, 5.74) is 1.32. The van der Waals surface area contributed by atoms with Gasteiger partial charge in [0.25, 0.3) is 0 Å². The van der Waals surface area contributed by atoms with Crippen LogP contribution in [0.5, 0.6) is 0 Å². The molecule has 1 saturated carbocycles. The van der Waals surface area contributed by atoms with Crippen molar-refractivity contribution in [3.05, 3.63) is 29.8 Å². The number of amides is 1. The first-order chi connectivity index (χ1) is 9.81. The molecule has 0 radical (unpaired) electrons. The predicted octanol–water partition coefficient (Wildman–Crippen LogP) is 2.65. The molecule has 1 saturated heterocycles. The van der Waals surface area contributed by atoms with Gasteiger partial charge in [-0.2, -0.15) is 0 Å². The van der Waals surface area contributed by atoms with Gasteiger partial charge in [-0.25, -0.2) is 0 Å². The van der Waals surface area contributed by atoms with E-state index in [1.807, 2.05) is 4.90 Å². The van der Waals surface area contributed by atoms with Crippen LogP contribution in [0.15, 0.2) is 29.2 Å². The van der Waals surface area contributed by atoms with E-state index < -0.39 is 0 Å². The average molecular weight is 290 g/mol. The Bertz CT molecular complexity index is 467. The highest BCUT2D eigenvalue weighted by atomic mass is 32.2. The van der Waals surface area contributed by atoms with Gasteiger partial charge in [-0.05, 0) is 43.4 Å². The molecule has 20 heavy (non-hydrogen) atoms. The molecule has 3 nitrogen and oxygen atoms in total.